The van der Waals surface area contributed by atoms with E-state index < -0.39 is 8.80 Å². The molecule has 0 spiro atoms. The topological polar surface area (TPSA) is 0 Å². The van der Waals surface area contributed by atoms with E-state index in [1.54, 1.807) is 25.8 Å². The summed E-state index contributed by atoms with van der Waals surface area (Å²) in [6, 6.07) is 6.28. The van der Waals surface area contributed by atoms with Gasteiger partial charge in [0.25, 0.3) is 0 Å². The summed E-state index contributed by atoms with van der Waals surface area (Å²) < 4.78 is 1.68. The molecule has 1 aromatic carbocycles. The molecule has 0 fully saturated rings. The van der Waals surface area contributed by atoms with E-state index in [4.69, 9.17) is 0 Å². The number of halogens is 3. The fraction of sp³-hybridized carbons (Fsp3) is 0.565. The summed E-state index contributed by atoms with van der Waals surface area (Å²) in [4.78, 5) is 0. The Balaban J connectivity index is 0. The van der Waals surface area contributed by atoms with E-state index in [0.717, 1.165) is 0 Å². The van der Waals surface area contributed by atoms with Crippen LogP contribution in [0.4, 0.5) is 0 Å². The molecule has 1 aromatic rings. The van der Waals surface area contributed by atoms with Crippen LogP contribution < -0.4 is 42.4 Å². The summed E-state index contributed by atoms with van der Waals surface area (Å²) >= 11 is 2.41. The minimum Gasteiger partial charge on any atom is -1.00 e. The normalized spacial score (nSPS) is 14.0. The molecular formula is C23H35Cl3SiTi. The summed E-state index contributed by atoms with van der Waals surface area (Å²) in [5.74, 6) is 0. The Hall–Kier alpha value is 0.501. The summed E-state index contributed by atoms with van der Waals surface area (Å²) in [7, 11) is -1.12. The second-order valence-corrected chi connectivity index (χ2v) is 11.6. The first kappa shape index (κ1) is 30.7. The van der Waals surface area contributed by atoms with Gasteiger partial charge >= 0.3 is 170 Å². The van der Waals surface area contributed by atoms with E-state index in [-0.39, 0.29) is 37.2 Å². The summed E-state index contributed by atoms with van der Waals surface area (Å²) in [6.45, 7) is 11.6. The van der Waals surface area contributed by atoms with Gasteiger partial charge in [0.2, 0.25) is 0 Å². The van der Waals surface area contributed by atoms with Gasteiger partial charge in [-0.1, -0.05) is 0 Å². The second kappa shape index (κ2) is 15.3. The van der Waals surface area contributed by atoms with Crippen LogP contribution in [0.1, 0.15) is 75.5 Å². The van der Waals surface area contributed by atoms with Crippen LogP contribution in [0.3, 0.4) is 0 Å². The van der Waals surface area contributed by atoms with Crippen molar-refractivity contribution in [3.63, 3.8) is 0 Å². The van der Waals surface area contributed by atoms with Crippen LogP contribution >= 0.6 is 0 Å². The van der Waals surface area contributed by atoms with Crippen LogP contribution in [0.5, 0.6) is 0 Å². The van der Waals surface area contributed by atoms with Gasteiger partial charge in [0.05, 0.1) is 0 Å². The largest absolute Gasteiger partial charge is 1.00 e. The van der Waals surface area contributed by atoms with E-state index in [1.807, 2.05) is 5.20 Å². The molecule has 0 amide bonds. The third-order valence-electron chi connectivity index (χ3n) is 5.55. The quantitative estimate of drug-likeness (QED) is 0.256. The van der Waals surface area contributed by atoms with Crippen LogP contribution in [0.15, 0.2) is 32.9 Å². The van der Waals surface area contributed by atoms with Crippen LogP contribution in [0.25, 0.3) is 0 Å². The monoisotopic (exact) mass is 492 g/mol. The average Bonchev–Trinajstić information content (AvgIpc) is 2.91. The molecule has 156 valence electrons. The van der Waals surface area contributed by atoms with Gasteiger partial charge in [-0.25, -0.2) is 0 Å². The van der Waals surface area contributed by atoms with Crippen molar-refractivity contribution in [1.29, 1.82) is 0 Å². The number of unbranched alkanes of at least 4 members (excludes halogenated alkanes) is 3. The number of hydrogen-bond acceptors (Lipinski definition) is 0. The Morgan fingerprint density at radius 3 is 2.00 bits per heavy atom. The molecule has 28 heavy (non-hydrogen) atoms. The molecule has 0 bridgehead atoms. The zero-order valence-electron chi connectivity index (χ0n) is 18.1. The molecule has 5 heteroatoms. The molecule has 1 atom stereocenters. The average molecular weight is 494 g/mol. The standard InChI is InChI=1S/C23H35Si.3ClH.Ti/c1-6-8-10-15-24(22-14-11-13-21(22)12-9-7-2)23-19(4)16-18(3)17-20(23)5;;;;/h13,16-17,24H,6-12,15H2,1-5H3;3*1H;/q;;;;+3/p-3. The second-order valence-electron chi connectivity index (χ2n) is 7.79. The molecule has 0 aromatic heterocycles. The maximum Gasteiger partial charge on any atom is -1.00 e. The zero-order valence-corrected chi connectivity index (χ0v) is 23.1. The van der Waals surface area contributed by atoms with Crippen molar-refractivity contribution < 1.29 is 57.7 Å². The third kappa shape index (κ3) is 7.97. The van der Waals surface area contributed by atoms with Crippen molar-refractivity contribution in [3.05, 3.63) is 49.5 Å². The van der Waals surface area contributed by atoms with Crippen LogP contribution in [-0.4, -0.2) is 8.80 Å². The van der Waals surface area contributed by atoms with Crippen LogP contribution in [0, 0.1) is 20.8 Å². The summed E-state index contributed by atoms with van der Waals surface area (Å²) in [6.07, 6.45) is 11.8. The fourth-order valence-corrected chi connectivity index (χ4v) is 9.75. The van der Waals surface area contributed by atoms with Gasteiger partial charge in [-0.3, -0.25) is 0 Å². The van der Waals surface area contributed by atoms with E-state index in [0.29, 0.717) is 0 Å². The van der Waals surface area contributed by atoms with Crippen molar-refractivity contribution in [3.8, 4) is 0 Å². The van der Waals surface area contributed by atoms with Crippen LogP contribution in [0.2, 0.25) is 6.04 Å². The van der Waals surface area contributed by atoms with Gasteiger partial charge in [0.15, 0.2) is 0 Å². The maximum atomic E-state index is 2.55. The predicted octanol–water partition coefficient (Wildman–Crippen LogP) is -2.89. The maximum absolute atomic E-state index is 2.55. The molecule has 0 radical (unpaired) electrons. The van der Waals surface area contributed by atoms with E-state index in [1.165, 1.54) is 56.6 Å². The minimum absolute atomic E-state index is 0. The Morgan fingerprint density at radius 1 is 0.893 bits per heavy atom. The fourth-order valence-electron chi connectivity index (χ4n) is 4.45. The Morgan fingerprint density at radius 2 is 1.46 bits per heavy atom. The Bertz CT molecular complexity index is 645. The van der Waals surface area contributed by atoms with E-state index in [9.17, 15) is 0 Å². The van der Waals surface area contributed by atoms with Gasteiger partial charge < -0.3 is 37.2 Å². The first-order chi connectivity index (χ1) is 12.0. The molecule has 0 saturated heterocycles. The summed E-state index contributed by atoms with van der Waals surface area (Å²) in [5, 5.41) is 3.58. The first-order valence-corrected chi connectivity index (χ1v) is 13.0. The molecule has 2 rings (SSSR count). The number of benzene rings is 1. The van der Waals surface area contributed by atoms with Gasteiger partial charge in [-0.05, 0) is 0 Å². The van der Waals surface area contributed by atoms with Crippen molar-refractivity contribution in [2.24, 2.45) is 0 Å². The van der Waals surface area contributed by atoms with Crippen molar-refractivity contribution in [2.45, 2.75) is 85.6 Å². The number of rotatable bonds is 9. The molecular weight excluding hydrogens is 459 g/mol. The van der Waals surface area contributed by atoms with Gasteiger partial charge in [-0.15, -0.1) is 0 Å². The van der Waals surface area contributed by atoms with Crippen molar-refractivity contribution in [1.82, 2.24) is 0 Å². The molecule has 0 heterocycles. The molecule has 1 aliphatic rings. The predicted molar refractivity (Wildman–Crippen MR) is 111 cm³/mol. The summed E-state index contributed by atoms with van der Waals surface area (Å²) in [5.41, 5.74) is 6.23. The van der Waals surface area contributed by atoms with Gasteiger partial charge in [0, 0.05) is 0 Å². The molecule has 0 nitrogen and oxygen atoms in total. The van der Waals surface area contributed by atoms with Crippen LogP contribution in [-0.2, 0) is 20.4 Å². The Labute approximate surface area is 205 Å². The SMILES string of the molecule is CCCCC[SiH](C1=[C]([Ti+3])CC=C1CCCC)c1c(C)cc(C)cc1C.[Cl-].[Cl-].[Cl-]. The number of aryl methyl sites for hydroxylation is 3. The van der Waals surface area contributed by atoms with Crippen molar-refractivity contribution >= 4 is 14.0 Å². The number of hydrogen-bond donors (Lipinski definition) is 0. The molecule has 0 aliphatic heterocycles. The molecule has 0 N–H and O–H groups in total. The van der Waals surface area contributed by atoms with Crippen molar-refractivity contribution in [2.75, 3.05) is 0 Å². The zero-order chi connectivity index (χ0) is 18.4. The molecule has 1 aliphatic carbocycles. The van der Waals surface area contributed by atoms with E-state index in [2.05, 4.69) is 73.3 Å². The number of allylic oxidation sites excluding steroid dienone is 4. The third-order valence-corrected chi connectivity index (χ3v) is 10.8. The smallest absolute Gasteiger partial charge is 1.00 e. The van der Waals surface area contributed by atoms with E-state index >= 15 is 0 Å². The molecule has 1 unspecified atom stereocenters. The first-order valence-electron chi connectivity index (χ1n) is 10.2. The van der Waals surface area contributed by atoms with Gasteiger partial charge in [-0.2, -0.15) is 0 Å². The molecule has 0 saturated carbocycles. The Kier molecular flexibility index (Phi) is 16.8. The van der Waals surface area contributed by atoms with Gasteiger partial charge in [0.1, 0.15) is 0 Å². The minimum atomic E-state index is -1.12.